The van der Waals surface area contributed by atoms with Gasteiger partial charge in [-0.1, -0.05) is 47.4 Å². The molecule has 1 aliphatic rings. The van der Waals surface area contributed by atoms with Crippen LogP contribution in [0.5, 0.6) is 0 Å². The molecule has 1 aromatic heterocycles. The van der Waals surface area contributed by atoms with E-state index in [2.05, 4.69) is 27.3 Å². The Labute approximate surface area is 191 Å². The van der Waals surface area contributed by atoms with Crippen LogP contribution in [0, 0.1) is 5.92 Å². The third kappa shape index (κ3) is 5.45. The van der Waals surface area contributed by atoms with Crippen molar-refractivity contribution in [2.24, 2.45) is 5.92 Å². The molecule has 1 saturated heterocycles. The summed E-state index contributed by atoms with van der Waals surface area (Å²) >= 11 is 12.2. The van der Waals surface area contributed by atoms with Gasteiger partial charge in [0.2, 0.25) is 17.6 Å². The molecule has 3 aromatic rings. The molecular formula is C23H24Cl2N4O2. The minimum Gasteiger partial charge on any atom is -0.338 e. The third-order valence-corrected chi connectivity index (χ3v) is 6.05. The van der Waals surface area contributed by atoms with Gasteiger partial charge in [0.05, 0.1) is 17.5 Å². The molecule has 6 nitrogen and oxygen atoms in total. The molecule has 0 aliphatic carbocycles. The normalized spacial score (nSPS) is 16.9. The van der Waals surface area contributed by atoms with Gasteiger partial charge in [-0.15, -0.1) is 0 Å². The molecule has 1 atom stereocenters. The van der Waals surface area contributed by atoms with Crippen LogP contribution in [0.15, 0.2) is 47.0 Å². The van der Waals surface area contributed by atoms with Gasteiger partial charge in [0.15, 0.2) is 0 Å². The number of benzene rings is 2. The lowest BCUT2D eigenvalue weighted by molar-refractivity contribution is -0.121. The fourth-order valence-electron chi connectivity index (χ4n) is 3.77. The molecule has 1 N–H and O–H groups in total. The smallest absolute Gasteiger partial charge is 0.241 e. The van der Waals surface area contributed by atoms with Crippen LogP contribution in [0.1, 0.15) is 31.2 Å². The van der Waals surface area contributed by atoms with Gasteiger partial charge < -0.3 is 9.84 Å². The number of piperidine rings is 1. The van der Waals surface area contributed by atoms with E-state index in [0.29, 0.717) is 40.4 Å². The molecular weight excluding hydrogens is 435 g/mol. The van der Waals surface area contributed by atoms with E-state index >= 15 is 0 Å². The van der Waals surface area contributed by atoms with Crippen LogP contribution >= 0.6 is 23.2 Å². The van der Waals surface area contributed by atoms with Gasteiger partial charge >= 0.3 is 0 Å². The Balaban J connectivity index is 1.36. The second-order valence-corrected chi connectivity index (χ2v) is 8.59. The highest BCUT2D eigenvalue weighted by molar-refractivity contribution is 6.36. The van der Waals surface area contributed by atoms with Gasteiger partial charge in [-0.3, -0.25) is 9.69 Å². The average molecular weight is 459 g/mol. The SMILES string of the molecule is CCc1ccc(NC(=O)C2CCCN(Cc3nc(-c4ccc(Cl)cc4Cl)no3)C2)cc1. The van der Waals surface area contributed by atoms with Gasteiger partial charge in [0.1, 0.15) is 0 Å². The van der Waals surface area contributed by atoms with Crippen molar-refractivity contribution in [3.05, 3.63) is 64.0 Å². The Hall–Kier alpha value is -2.41. The molecule has 1 aliphatic heterocycles. The first-order valence-corrected chi connectivity index (χ1v) is 11.2. The fourth-order valence-corrected chi connectivity index (χ4v) is 4.26. The number of carbonyl (C=O) groups excluding carboxylic acids is 1. The number of amides is 1. The molecule has 1 fully saturated rings. The molecule has 0 saturated carbocycles. The second-order valence-electron chi connectivity index (χ2n) is 7.75. The number of aromatic nitrogens is 2. The quantitative estimate of drug-likeness (QED) is 0.530. The predicted octanol–water partition coefficient (Wildman–Crippen LogP) is 5.46. The van der Waals surface area contributed by atoms with E-state index in [9.17, 15) is 4.79 Å². The maximum Gasteiger partial charge on any atom is 0.241 e. The third-order valence-electron chi connectivity index (χ3n) is 5.51. The molecule has 31 heavy (non-hydrogen) atoms. The molecule has 2 heterocycles. The number of nitrogens with one attached hydrogen (secondary N) is 1. The topological polar surface area (TPSA) is 71.3 Å². The van der Waals surface area contributed by atoms with Gasteiger partial charge in [0, 0.05) is 22.8 Å². The van der Waals surface area contributed by atoms with E-state index in [1.165, 1.54) is 5.56 Å². The van der Waals surface area contributed by atoms with Crippen LogP contribution < -0.4 is 5.32 Å². The molecule has 8 heteroatoms. The number of aryl methyl sites for hydroxylation is 1. The number of anilines is 1. The van der Waals surface area contributed by atoms with E-state index in [1.807, 2.05) is 24.3 Å². The molecule has 2 aromatic carbocycles. The summed E-state index contributed by atoms with van der Waals surface area (Å²) in [6.07, 6.45) is 2.79. The molecule has 0 bridgehead atoms. The van der Waals surface area contributed by atoms with Gasteiger partial charge in [0.25, 0.3) is 0 Å². The van der Waals surface area contributed by atoms with Crippen molar-refractivity contribution in [2.45, 2.75) is 32.7 Å². The zero-order valence-corrected chi connectivity index (χ0v) is 18.8. The van der Waals surface area contributed by atoms with E-state index in [1.54, 1.807) is 18.2 Å². The number of hydrogen-bond donors (Lipinski definition) is 1. The monoisotopic (exact) mass is 458 g/mol. The zero-order chi connectivity index (χ0) is 21.8. The van der Waals surface area contributed by atoms with E-state index < -0.39 is 0 Å². The Morgan fingerprint density at radius 1 is 1.23 bits per heavy atom. The van der Waals surface area contributed by atoms with Crippen molar-refractivity contribution in [2.75, 3.05) is 18.4 Å². The number of hydrogen-bond acceptors (Lipinski definition) is 5. The number of likely N-dealkylation sites (tertiary alicyclic amines) is 1. The molecule has 0 radical (unpaired) electrons. The van der Waals surface area contributed by atoms with Crippen molar-refractivity contribution in [1.29, 1.82) is 0 Å². The van der Waals surface area contributed by atoms with Crippen molar-refractivity contribution in [1.82, 2.24) is 15.0 Å². The number of rotatable bonds is 6. The Morgan fingerprint density at radius 2 is 2.03 bits per heavy atom. The molecule has 1 unspecified atom stereocenters. The van der Waals surface area contributed by atoms with Gasteiger partial charge in [-0.2, -0.15) is 4.98 Å². The van der Waals surface area contributed by atoms with Crippen LogP contribution in [0.4, 0.5) is 5.69 Å². The summed E-state index contributed by atoms with van der Waals surface area (Å²) in [6, 6.07) is 13.2. The highest BCUT2D eigenvalue weighted by Crippen LogP contribution is 2.29. The van der Waals surface area contributed by atoms with Crippen molar-refractivity contribution in [3.8, 4) is 11.4 Å². The number of halogens is 2. The lowest BCUT2D eigenvalue weighted by atomic mass is 9.97. The fraction of sp³-hybridized carbons (Fsp3) is 0.348. The van der Waals surface area contributed by atoms with E-state index in [4.69, 9.17) is 27.7 Å². The highest BCUT2D eigenvalue weighted by Gasteiger charge is 2.27. The van der Waals surface area contributed by atoms with Crippen LogP contribution in [0.2, 0.25) is 10.0 Å². The van der Waals surface area contributed by atoms with Gasteiger partial charge in [-0.05, 0) is 61.7 Å². The Kier molecular flexibility index (Phi) is 6.90. The largest absolute Gasteiger partial charge is 0.338 e. The number of nitrogens with zero attached hydrogens (tertiary/aromatic N) is 3. The maximum atomic E-state index is 12.8. The Morgan fingerprint density at radius 3 is 2.77 bits per heavy atom. The number of carbonyl (C=O) groups is 1. The predicted molar refractivity (Wildman–Crippen MR) is 122 cm³/mol. The minimum atomic E-state index is -0.0762. The standard InChI is InChI=1S/C23H24Cl2N4O2/c1-2-15-5-8-18(9-6-15)26-23(30)16-4-3-11-29(13-16)14-21-27-22(28-31-21)19-10-7-17(24)12-20(19)25/h5-10,12,16H,2-4,11,13-14H2,1H3,(H,26,30). The lowest BCUT2D eigenvalue weighted by Gasteiger charge is -2.30. The van der Waals surface area contributed by atoms with Gasteiger partial charge in [-0.25, -0.2) is 0 Å². The van der Waals surface area contributed by atoms with Crippen LogP contribution in [-0.4, -0.2) is 34.0 Å². The van der Waals surface area contributed by atoms with Crippen LogP contribution in [0.25, 0.3) is 11.4 Å². The van der Waals surface area contributed by atoms with Crippen LogP contribution in [0.3, 0.4) is 0 Å². The summed E-state index contributed by atoms with van der Waals surface area (Å²) in [5, 5.41) is 8.11. The second kappa shape index (κ2) is 9.81. The molecule has 0 spiro atoms. The summed E-state index contributed by atoms with van der Waals surface area (Å²) in [7, 11) is 0. The average Bonchev–Trinajstić information content (AvgIpc) is 3.22. The highest BCUT2D eigenvalue weighted by atomic mass is 35.5. The summed E-state index contributed by atoms with van der Waals surface area (Å²) in [5.74, 6) is 0.900. The molecule has 162 valence electrons. The summed E-state index contributed by atoms with van der Waals surface area (Å²) in [4.78, 5) is 19.4. The van der Waals surface area contributed by atoms with Crippen LogP contribution in [-0.2, 0) is 17.8 Å². The van der Waals surface area contributed by atoms with Crippen molar-refractivity contribution >= 4 is 34.8 Å². The summed E-state index contributed by atoms with van der Waals surface area (Å²) < 4.78 is 5.43. The Bertz CT molecular complexity index is 1050. The first kappa shape index (κ1) is 21.8. The van der Waals surface area contributed by atoms with Crippen molar-refractivity contribution < 1.29 is 9.32 Å². The first-order valence-electron chi connectivity index (χ1n) is 10.4. The summed E-state index contributed by atoms with van der Waals surface area (Å²) in [5.41, 5.74) is 2.76. The van der Waals surface area contributed by atoms with Crippen molar-refractivity contribution in [3.63, 3.8) is 0 Å². The van der Waals surface area contributed by atoms with E-state index in [-0.39, 0.29) is 11.8 Å². The summed E-state index contributed by atoms with van der Waals surface area (Å²) in [6.45, 7) is 4.14. The van der Waals surface area contributed by atoms with E-state index in [0.717, 1.165) is 31.5 Å². The maximum absolute atomic E-state index is 12.8. The first-order chi connectivity index (χ1) is 15.0. The molecule has 4 rings (SSSR count). The minimum absolute atomic E-state index is 0.0492. The lowest BCUT2D eigenvalue weighted by Crippen LogP contribution is -2.40. The molecule has 1 amide bonds. The zero-order valence-electron chi connectivity index (χ0n) is 17.3.